The number of nitrogens with zero attached hydrogens (tertiary/aromatic N) is 3. The Morgan fingerprint density at radius 1 is 0.970 bits per heavy atom. The molecule has 5 rings (SSSR count). The second kappa shape index (κ2) is 7.28. The smallest absolute Gasteiger partial charge is 0.331 e. The topological polar surface area (TPSA) is 58.2 Å². The standard InChI is InChI=1S/C26H26FN3O3/c1-15-6-8-16(9-7-15)20-19-21(28(4)25(32)29(5)24(19)31)22-23(17-10-12-18(27)13-11-17)33-14-26(2,3)30(20)22/h6-13,23H,14H2,1-5H3/t23-/m0/s1. The number of hydrogen-bond donors (Lipinski definition) is 0. The van der Waals surface area contributed by atoms with Crippen LogP contribution in [0.4, 0.5) is 4.39 Å². The number of fused-ring (bicyclic) bond motifs is 3. The summed E-state index contributed by atoms with van der Waals surface area (Å²) >= 11 is 0. The lowest BCUT2D eigenvalue weighted by Crippen LogP contribution is -2.40. The zero-order valence-corrected chi connectivity index (χ0v) is 19.3. The lowest BCUT2D eigenvalue weighted by Gasteiger charge is -2.39. The average Bonchev–Trinajstić information content (AvgIpc) is 3.15. The minimum absolute atomic E-state index is 0.336. The Morgan fingerprint density at radius 3 is 2.24 bits per heavy atom. The van der Waals surface area contributed by atoms with Crippen LogP contribution in [-0.4, -0.2) is 20.3 Å². The molecular formula is C26H26FN3O3. The minimum atomic E-state index is -0.557. The molecule has 3 heterocycles. The Morgan fingerprint density at radius 2 is 1.61 bits per heavy atom. The number of benzene rings is 2. The Balaban J connectivity index is 2.00. The summed E-state index contributed by atoms with van der Waals surface area (Å²) < 4.78 is 24.8. The number of rotatable bonds is 2. The van der Waals surface area contributed by atoms with E-state index in [1.165, 1.54) is 23.7 Å². The highest BCUT2D eigenvalue weighted by molar-refractivity contribution is 5.96. The molecule has 0 saturated carbocycles. The van der Waals surface area contributed by atoms with Crippen molar-refractivity contribution in [3.8, 4) is 11.3 Å². The molecule has 0 saturated heterocycles. The van der Waals surface area contributed by atoms with E-state index in [1.54, 1.807) is 19.2 Å². The molecule has 4 aromatic rings. The van der Waals surface area contributed by atoms with E-state index >= 15 is 0 Å². The van der Waals surface area contributed by atoms with E-state index in [2.05, 4.69) is 18.4 Å². The Bertz CT molecular complexity index is 1510. The molecular weight excluding hydrogens is 421 g/mol. The highest BCUT2D eigenvalue weighted by Gasteiger charge is 2.40. The molecule has 0 fully saturated rings. The van der Waals surface area contributed by atoms with E-state index < -0.39 is 17.3 Å². The molecule has 0 radical (unpaired) electrons. The van der Waals surface area contributed by atoms with E-state index in [0.29, 0.717) is 17.5 Å². The molecule has 0 bridgehead atoms. The maximum Gasteiger partial charge on any atom is 0.331 e. The van der Waals surface area contributed by atoms with Gasteiger partial charge in [-0.1, -0.05) is 42.0 Å². The van der Waals surface area contributed by atoms with E-state index in [4.69, 9.17) is 4.74 Å². The zero-order chi connectivity index (χ0) is 23.7. The summed E-state index contributed by atoms with van der Waals surface area (Å²) in [6.45, 7) is 6.50. The normalized spacial score (nSPS) is 17.3. The van der Waals surface area contributed by atoms with Gasteiger partial charge in [0.1, 0.15) is 11.9 Å². The molecule has 0 unspecified atom stereocenters. The number of aromatic nitrogens is 3. The van der Waals surface area contributed by atoms with Crippen molar-refractivity contribution in [2.45, 2.75) is 32.4 Å². The highest BCUT2D eigenvalue weighted by Crippen LogP contribution is 2.45. The molecule has 0 spiro atoms. The molecule has 0 aliphatic carbocycles. The second-order valence-electron chi connectivity index (χ2n) is 9.42. The van der Waals surface area contributed by atoms with Crippen LogP contribution in [0.25, 0.3) is 22.2 Å². The first-order valence-electron chi connectivity index (χ1n) is 10.9. The van der Waals surface area contributed by atoms with Gasteiger partial charge in [-0.15, -0.1) is 0 Å². The molecule has 170 valence electrons. The van der Waals surface area contributed by atoms with Crippen molar-refractivity contribution in [2.75, 3.05) is 6.61 Å². The summed E-state index contributed by atoms with van der Waals surface area (Å²) in [6, 6.07) is 14.2. The van der Waals surface area contributed by atoms with Gasteiger partial charge in [-0.2, -0.15) is 0 Å². The lowest BCUT2D eigenvalue weighted by atomic mass is 9.98. The number of halogens is 1. The fraction of sp³-hybridized carbons (Fsp3) is 0.308. The third-order valence-electron chi connectivity index (χ3n) is 6.56. The lowest BCUT2D eigenvalue weighted by molar-refractivity contribution is -0.00709. The SMILES string of the molecule is Cc1ccc(-c2c3c(=O)n(C)c(=O)n(C)c3c3n2C(C)(C)CO[C@H]3c2ccc(F)cc2)cc1. The third kappa shape index (κ3) is 3.10. The van der Waals surface area contributed by atoms with Crippen LogP contribution in [0.2, 0.25) is 0 Å². The number of hydrogen-bond acceptors (Lipinski definition) is 3. The van der Waals surface area contributed by atoms with Crippen LogP contribution in [0.5, 0.6) is 0 Å². The summed E-state index contributed by atoms with van der Waals surface area (Å²) in [7, 11) is 3.17. The van der Waals surface area contributed by atoms with Crippen molar-refractivity contribution in [1.82, 2.24) is 13.7 Å². The molecule has 0 N–H and O–H groups in total. The Hall–Kier alpha value is -3.45. The van der Waals surface area contributed by atoms with Crippen molar-refractivity contribution in [1.29, 1.82) is 0 Å². The van der Waals surface area contributed by atoms with Crippen LogP contribution < -0.4 is 11.2 Å². The number of ether oxygens (including phenoxy) is 1. The van der Waals surface area contributed by atoms with Crippen LogP contribution in [0.3, 0.4) is 0 Å². The van der Waals surface area contributed by atoms with E-state index in [1.807, 2.05) is 31.2 Å². The molecule has 1 aliphatic heterocycles. The van der Waals surface area contributed by atoms with Crippen LogP contribution in [0.15, 0.2) is 58.1 Å². The maximum absolute atomic E-state index is 13.7. The van der Waals surface area contributed by atoms with Gasteiger partial charge in [0.05, 0.1) is 34.4 Å². The van der Waals surface area contributed by atoms with Crippen LogP contribution in [-0.2, 0) is 24.4 Å². The fourth-order valence-electron chi connectivity index (χ4n) is 4.87. The van der Waals surface area contributed by atoms with Gasteiger partial charge in [0.25, 0.3) is 5.56 Å². The molecule has 6 nitrogen and oxygen atoms in total. The largest absolute Gasteiger partial charge is 0.365 e. The Kier molecular flexibility index (Phi) is 4.72. The van der Waals surface area contributed by atoms with E-state index in [0.717, 1.165) is 32.6 Å². The van der Waals surface area contributed by atoms with Crippen LogP contribution in [0.1, 0.15) is 36.8 Å². The predicted octanol–water partition coefficient (Wildman–Crippen LogP) is 4.01. The first-order chi connectivity index (χ1) is 15.6. The van der Waals surface area contributed by atoms with Gasteiger partial charge in [-0.25, -0.2) is 9.18 Å². The summed E-state index contributed by atoms with van der Waals surface area (Å²) in [6.07, 6.45) is -0.557. The van der Waals surface area contributed by atoms with Crippen molar-refractivity contribution in [3.63, 3.8) is 0 Å². The van der Waals surface area contributed by atoms with Crippen molar-refractivity contribution in [2.24, 2.45) is 14.1 Å². The molecule has 33 heavy (non-hydrogen) atoms. The van der Waals surface area contributed by atoms with Gasteiger partial charge in [-0.3, -0.25) is 13.9 Å². The van der Waals surface area contributed by atoms with Crippen molar-refractivity contribution in [3.05, 3.63) is 92.0 Å². The van der Waals surface area contributed by atoms with Gasteiger partial charge in [0.15, 0.2) is 0 Å². The minimum Gasteiger partial charge on any atom is -0.365 e. The molecule has 7 heteroatoms. The van der Waals surface area contributed by atoms with Gasteiger partial charge in [0, 0.05) is 14.1 Å². The first kappa shape index (κ1) is 21.4. The van der Waals surface area contributed by atoms with Gasteiger partial charge in [-0.05, 0) is 44.0 Å². The highest BCUT2D eigenvalue weighted by atomic mass is 19.1. The predicted molar refractivity (Wildman–Crippen MR) is 126 cm³/mol. The van der Waals surface area contributed by atoms with E-state index in [-0.39, 0.29) is 11.4 Å². The number of aryl methyl sites for hydroxylation is 2. The molecule has 2 aromatic heterocycles. The third-order valence-corrected chi connectivity index (χ3v) is 6.56. The summed E-state index contributed by atoms with van der Waals surface area (Å²) in [4.78, 5) is 26.5. The summed E-state index contributed by atoms with van der Waals surface area (Å²) in [5.41, 5.74) is 3.54. The van der Waals surface area contributed by atoms with Crippen molar-refractivity contribution < 1.29 is 9.13 Å². The van der Waals surface area contributed by atoms with E-state index in [9.17, 15) is 14.0 Å². The quantitative estimate of drug-likeness (QED) is 0.467. The van der Waals surface area contributed by atoms with Gasteiger partial charge >= 0.3 is 5.69 Å². The molecule has 1 aliphatic rings. The molecule has 1 atom stereocenters. The molecule has 0 amide bonds. The Labute approximate surface area is 190 Å². The summed E-state index contributed by atoms with van der Waals surface area (Å²) in [5.74, 6) is -0.336. The van der Waals surface area contributed by atoms with Crippen molar-refractivity contribution >= 4 is 10.9 Å². The van der Waals surface area contributed by atoms with Crippen LogP contribution >= 0.6 is 0 Å². The van der Waals surface area contributed by atoms with Gasteiger partial charge in [0.2, 0.25) is 0 Å². The zero-order valence-electron chi connectivity index (χ0n) is 19.3. The first-order valence-corrected chi connectivity index (χ1v) is 10.9. The average molecular weight is 448 g/mol. The second-order valence-corrected chi connectivity index (χ2v) is 9.42. The molecule has 2 aromatic carbocycles. The van der Waals surface area contributed by atoms with Crippen LogP contribution in [0, 0.1) is 12.7 Å². The fourth-order valence-corrected chi connectivity index (χ4v) is 4.87. The van der Waals surface area contributed by atoms with Gasteiger partial charge < -0.3 is 9.30 Å². The monoisotopic (exact) mass is 447 g/mol. The maximum atomic E-state index is 13.7. The summed E-state index contributed by atoms with van der Waals surface area (Å²) in [5, 5.41) is 0.476.